The van der Waals surface area contributed by atoms with Crippen molar-refractivity contribution in [2.75, 3.05) is 20.2 Å². The fourth-order valence-corrected chi connectivity index (χ4v) is 7.28. The number of fused-ring (bicyclic) bond motifs is 1. The van der Waals surface area contributed by atoms with E-state index in [-0.39, 0.29) is 11.9 Å². The number of amides is 1. The molecule has 5 rings (SSSR count). The van der Waals surface area contributed by atoms with Gasteiger partial charge in [-0.1, -0.05) is 48.0 Å². The summed E-state index contributed by atoms with van der Waals surface area (Å²) < 4.78 is 46.4. The number of nitrogens with one attached hydrogen (secondary N) is 1. The summed E-state index contributed by atoms with van der Waals surface area (Å²) in [4.78, 5) is 16.7. The van der Waals surface area contributed by atoms with Gasteiger partial charge in [0, 0.05) is 28.2 Å². The minimum absolute atomic E-state index is 0.0242. The molecule has 1 fully saturated rings. The molecule has 3 aromatic carbocycles. The first-order valence-electron chi connectivity index (χ1n) is 14.3. The van der Waals surface area contributed by atoms with Crippen LogP contribution >= 0.6 is 22.9 Å². The second-order valence-corrected chi connectivity index (χ2v) is 12.2. The molecular formula is C33H34ClF3N2O2S. The van der Waals surface area contributed by atoms with Gasteiger partial charge in [-0.05, 0) is 93.6 Å². The van der Waals surface area contributed by atoms with Crippen molar-refractivity contribution in [1.29, 1.82) is 0 Å². The molecule has 1 N–H and O–H groups in total. The van der Waals surface area contributed by atoms with Gasteiger partial charge >= 0.3 is 6.18 Å². The summed E-state index contributed by atoms with van der Waals surface area (Å²) in [5, 5.41) is 4.61. The lowest BCUT2D eigenvalue weighted by Crippen LogP contribution is -2.42. The lowest BCUT2D eigenvalue weighted by molar-refractivity contribution is -0.137. The van der Waals surface area contributed by atoms with Gasteiger partial charge in [-0.15, -0.1) is 11.3 Å². The monoisotopic (exact) mass is 614 g/mol. The van der Waals surface area contributed by atoms with Crippen molar-refractivity contribution in [1.82, 2.24) is 10.2 Å². The number of carbonyl (C=O) groups is 1. The highest BCUT2D eigenvalue weighted by Crippen LogP contribution is 2.39. The quantitative estimate of drug-likeness (QED) is 0.204. The van der Waals surface area contributed by atoms with Gasteiger partial charge in [0.1, 0.15) is 10.6 Å². The van der Waals surface area contributed by atoms with E-state index in [1.807, 2.05) is 61.3 Å². The van der Waals surface area contributed by atoms with Crippen LogP contribution in [0.15, 0.2) is 66.7 Å². The Morgan fingerprint density at radius 1 is 1.02 bits per heavy atom. The Labute approximate surface area is 253 Å². The smallest absolute Gasteiger partial charge is 0.416 e. The zero-order chi connectivity index (χ0) is 29.9. The minimum Gasteiger partial charge on any atom is -0.494 e. The Morgan fingerprint density at radius 2 is 1.71 bits per heavy atom. The van der Waals surface area contributed by atoms with Crippen LogP contribution in [-0.2, 0) is 12.7 Å². The number of hydrogen-bond acceptors (Lipinski definition) is 4. The molecule has 222 valence electrons. The Balaban J connectivity index is 1.51. The highest BCUT2D eigenvalue weighted by atomic mass is 35.5. The number of hydrogen-bond donors (Lipinski definition) is 1. The van der Waals surface area contributed by atoms with Gasteiger partial charge < -0.3 is 15.0 Å². The molecule has 4 nitrogen and oxygen atoms in total. The first-order valence-corrected chi connectivity index (χ1v) is 15.4. The van der Waals surface area contributed by atoms with Crippen molar-refractivity contribution >= 4 is 38.9 Å². The molecule has 0 unspecified atom stereocenters. The fourth-order valence-electron chi connectivity index (χ4n) is 5.81. The van der Waals surface area contributed by atoms with E-state index in [1.165, 1.54) is 23.5 Å². The van der Waals surface area contributed by atoms with Crippen LogP contribution in [0.1, 0.15) is 53.4 Å². The van der Waals surface area contributed by atoms with E-state index in [0.717, 1.165) is 65.6 Å². The predicted molar refractivity (Wildman–Crippen MR) is 164 cm³/mol. The van der Waals surface area contributed by atoms with Gasteiger partial charge in [0.15, 0.2) is 0 Å². The lowest BCUT2D eigenvalue weighted by atomic mass is 9.85. The molecule has 1 aliphatic carbocycles. The summed E-state index contributed by atoms with van der Waals surface area (Å²) in [5.74, 6) is 1.11. The molecule has 1 aromatic heterocycles. The Kier molecular flexibility index (Phi) is 9.45. The van der Waals surface area contributed by atoms with Crippen LogP contribution in [0.5, 0.6) is 5.75 Å². The summed E-state index contributed by atoms with van der Waals surface area (Å²) in [5.41, 5.74) is 1.53. The maximum atomic E-state index is 14.3. The van der Waals surface area contributed by atoms with Crippen molar-refractivity contribution in [2.45, 2.75) is 51.4 Å². The van der Waals surface area contributed by atoms with E-state index in [9.17, 15) is 18.0 Å². The summed E-state index contributed by atoms with van der Waals surface area (Å²) in [6, 6.07) is 18.5. The second kappa shape index (κ2) is 13.1. The molecule has 0 saturated heterocycles. The molecule has 1 saturated carbocycles. The first-order chi connectivity index (χ1) is 20.2. The van der Waals surface area contributed by atoms with Crippen molar-refractivity contribution in [2.24, 2.45) is 5.92 Å². The van der Waals surface area contributed by atoms with Crippen LogP contribution in [0, 0.1) is 5.92 Å². The van der Waals surface area contributed by atoms with Gasteiger partial charge in [0.2, 0.25) is 0 Å². The standard InChI is InChI=1S/C33H34ClF3N2O2S/c1-3-41-28-17-12-23(22-10-13-25(14-11-22)33(35,36)37)18-24(28)20-39(26-15-8-21(9-16-26)19-38-2)32(40)31-30(34)27-6-4-5-7-29(27)42-31/h4-7,10-14,17-18,21,26,38H,3,8-9,15-16,19-20H2,1-2H3. The van der Waals surface area contributed by atoms with E-state index in [0.29, 0.717) is 40.3 Å². The Morgan fingerprint density at radius 3 is 2.36 bits per heavy atom. The number of ether oxygens (including phenoxy) is 1. The van der Waals surface area contributed by atoms with Crippen LogP contribution < -0.4 is 10.1 Å². The zero-order valence-electron chi connectivity index (χ0n) is 23.6. The molecule has 9 heteroatoms. The van der Waals surface area contributed by atoms with Crippen LogP contribution in [0.4, 0.5) is 13.2 Å². The number of alkyl halides is 3. The third kappa shape index (κ3) is 6.61. The van der Waals surface area contributed by atoms with Crippen LogP contribution in [0.25, 0.3) is 21.2 Å². The van der Waals surface area contributed by atoms with Crippen molar-refractivity contribution in [3.63, 3.8) is 0 Å². The third-order valence-electron chi connectivity index (χ3n) is 7.99. The van der Waals surface area contributed by atoms with Gasteiger partial charge in [-0.25, -0.2) is 0 Å². The lowest BCUT2D eigenvalue weighted by Gasteiger charge is -2.37. The maximum Gasteiger partial charge on any atom is 0.416 e. The maximum absolute atomic E-state index is 14.3. The molecular weight excluding hydrogens is 581 g/mol. The number of halogens is 4. The van der Waals surface area contributed by atoms with E-state index in [2.05, 4.69) is 5.32 Å². The molecule has 4 aromatic rings. The molecule has 0 atom stereocenters. The summed E-state index contributed by atoms with van der Waals surface area (Å²) in [6.07, 6.45) is -0.617. The average molecular weight is 615 g/mol. The van der Waals surface area contributed by atoms with Gasteiger partial charge in [-0.2, -0.15) is 13.2 Å². The van der Waals surface area contributed by atoms with Gasteiger partial charge in [0.25, 0.3) is 5.91 Å². The first kappa shape index (κ1) is 30.4. The highest BCUT2D eigenvalue weighted by Gasteiger charge is 2.33. The van der Waals surface area contributed by atoms with Crippen molar-refractivity contribution in [3.8, 4) is 16.9 Å². The molecule has 0 bridgehead atoms. The zero-order valence-corrected chi connectivity index (χ0v) is 25.2. The van der Waals surface area contributed by atoms with Crippen molar-refractivity contribution < 1.29 is 22.7 Å². The number of nitrogens with zero attached hydrogens (tertiary/aromatic N) is 1. The summed E-state index contributed by atoms with van der Waals surface area (Å²) in [6.45, 7) is 3.59. The number of thiophene rings is 1. The van der Waals surface area contributed by atoms with Gasteiger partial charge in [0.05, 0.1) is 17.2 Å². The fraction of sp³-hybridized carbons (Fsp3) is 0.364. The molecule has 1 heterocycles. The SMILES string of the molecule is CCOc1ccc(-c2ccc(C(F)(F)F)cc2)cc1CN(C(=O)c1sc2ccccc2c1Cl)C1CCC(CNC)CC1. The highest BCUT2D eigenvalue weighted by molar-refractivity contribution is 7.21. The average Bonchev–Trinajstić information content (AvgIpc) is 3.33. The Bertz CT molecular complexity index is 1530. The molecule has 0 spiro atoms. The molecule has 1 aliphatic rings. The van der Waals surface area contributed by atoms with Crippen LogP contribution in [-0.4, -0.2) is 37.0 Å². The normalized spacial score (nSPS) is 17.4. The molecule has 0 radical (unpaired) electrons. The summed E-state index contributed by atoms with van der Waals surface area (Å²) in [7, 11) is 1.96. The summed E-state index contributed by atoms with van der Waals surface area (Å²) >= 11 is 8.19. The Hall–Kier alpha value is -3.07. The largest absolute Gasteiger partial charge is 0.494 e. The minimum atomic E-state index is -4.40. The number of carbonyl (C=O) groups excluding carboxylic acids is 1. The number of rotatable bonds is 9. The topological polar surface area (TPSA) is 41.6 Å². The van der Waals surface area contributed by atoms with Gasteiger partial charge in [-0.3, -0.25) is 4.79 Å². The van der Waals surface area contributed by atoms with E-state index in [1.54, 1.807) is 0 Å². The van der Waals surface area contributed by atoms with Crippen LogP contribution in [0.3, 0.4) is 0 Å². The molecule has 1 amide bonds. The van der Waals surface area contributed by atoms with Crippen molar-refractivity contribution in [3.05, 3.63) is 87.8 Å². The van der Waals surface area contributed by atoms with E-state index in [4.69, 9.17) is 16.3 Å². The third-order valence-corrected chi connectivity index (χ3v) is 9.65. The van der Waals surface area contributed by atoms with E-state index < -0.39 is 11.7 Å². The molecule has 0 aliphatic heterocycles. The number of benzene rings is 3. The van der Waals surface area contributed by atoms with Crippen LogP contribution in [0.2, 0.25) is 5.02 Å². The predicted octanol–water partition coefficient (Wildman–Crippen LogP) is 9.06. The second-order valence-electron chi connectivity index (χ2n) is 10.7. The van der Waals surface area contributed by atoms with E-state index >= 15 is 0 Å². The molecule has 42 heavy (non-hydrogen) atoms.